The fourth-order valence-electron chi connectivity index (χ4n) is 1.83. The van der Waals surface area contributed by atoms with Gasteiger partial charge >= 0.3 is 0 Å². The van der Waals surface area contributed by atoms with Crippen molar-refractivity contribution in [2.45, 2.75) is 46.1 Å². The molecule has 1 fully saturated rings. The minimum absolute atomic E-state index is 0.518. The van der Waals surface area contributed by atoms with Crippen LogP contribution in [0.1, 0.15) is 40.0 Å². The van der Waals surface area contributed by atoms with Crippen LogP contribution in [0.2, 0.25) is 0 Å². The molecule has 15 heavy (non-hydrogen) atoms. The summed E-state index contributed by atoms with van der Waals surface area (Å²) in [6.07, 6.45) is 3.83. The van der Waals surface area contributed by atoms with Crippen LogP contribution in [-0.4, -0.2) is 28.3 Å². The average Bonchev–Trinajstić information content (AvgIpc) is 2.93. The summed E-state index contributed by atoms with van der Waals surface area (Å²) in [5.41, 5.74) is 0. The van der Waals surface area contributed by atoms with Gasteiger partial charge in [-0.2, -0.15) is 0 Å². The van der Waals surface area contributed by atoms with Crippen molar-refractivity contribution in [1.29, 1.82) is 0 Å². The third-order valence-corrected chi connectivity index (χ3v) is 4.50. The molecule has 1 saturated carbocycles. The van der Waals surface area contributed by atoms with Crippen LogP contribution in [0.25, 0.3) is 0 Å². The average molecular weight is 231 g/mol. The van der Waals surface area contributed by atoms with E-state index in [-0.39, 0.29) is 0 Å². The lowest BCUT2D eigenvalue weighted by molar-refractivity contribution is 0.498. The molecule has 0 aromatic carbocycles. The molecule has 1 aliphatic carbocycles. The van der Waals surface area contributed by atoms with Crippen LogP contribution in [0.5, 0.6) is 0 Å². The van der Waals surface area contributed by atoms with E-state index in [9.17, 15) is 4.21 Å². The van der Waals surface area contributed by atoms with Gasteiger partial charge in [0.15, 0.2) is 0 Å². The summed E-state index contributed by atoms with van der Waals surface area (Å²) >= 11 is 0. The molecule has 1 aliphatic rings. The Morgan fingerprint density at radius 2 is 2.00 bits per heavy atom. The van der Waals surface area contributed by atoms with Gasteiger partial charge in [0.25, 0.3) is 0 Å². The van der Waals surface area contributed by atoms with E-state index >= 15 is 0 Å². The van der Waals surface area contributed by atoms with Crippen molar-refractivity contribution >= 4 is 10.8 Å². The SMILES string of the molecule is CCCNC(CS(=O)CC(C)C)C1CC1. The van der Waals surface area contributed by atoms with Crippen LogP contribution < -0.4 is 5.32 Å². The van der Waals surface area contributed by atoms with Gasteiger partial charge < -0.3 is 5.32 Å². The highest BCUT2D eigenvalue weighted by Gasteiger charge is 2.31. The molecule has 3 heteroatoms. The predicted molar refractivity (Wildman–Crippen MR) is 67.5 cm³/mol. The summed E-state index contributed by atoms with van der Waals surface area (Å²) in [5, 5.41) is 3.54. The number of nitrogens with one attached hydrogen (secondary N) is 1. The van der Waals surface area contributed by atoms with Gasteiger partial charge in [-0.3, -0.25) is 4.21 Å². The largest absolute Gasteiger partial charge is 0.313 e. The number of hydrogen-bond acceptors (Lipinski definition) is 2. The molecule has 0 radical (unpaired) electrons. The van der Waals surface area contributed by atoms with E-state index in [1.54, 1.807) is 0 Å². The molecule has 0 saturated heterocycles. The fraction of sp³-hybridized carbons (Fsp3) is 1.00. The Kier molecular flexibility index (Phi) is 5.83. The molecule has 0 aromatic rings. The quantitative estimate of drug-likeness (QED) is 0.693. The van der Waals surface area contributed by atoms with Crippen LogP contribution >= 0.6 is 0 Å². The zero-order valence-corrected chi connectivity index (χ0v) is 11.1. The van der Waals surface area contributed by atoms with Crippen LogP contribution in [0.3, 0.4) is 0 Å². The lowest BCUT2D eigenvalue weighted by Crippen LogP contribution is -2.37. The highest BCUT2D eigenvalue weighted by Crippen LogP contribution is 2.33. The lowest BCUT2D eigenvalue weighted by atomic mass is 10.2. The molecule has 0 amide bonds. The van der Waals surface area contributed by atoms with Crippen LogP contribution in [0, 0.1) is 11.8 Å². The van der Waals surface area contributed by atoms with Crippen LogP contribution in [-0.2, 0) is 10.8 Å². The van der Waals surface area contributed by atoms with E-state index in [2.05, 4.69) is 26.1 Å². The normalized spacial score (nSPS) is 20.5. The molecule has 0 aromatic heterocycles. The maximum atomic E-state index is 11.8. The van der Waals surface area contributed by atoms with E-state index in [1.807, 2.05) is 0 Å². The van der Waals surface area contributed by atoms with Gasteiger partial charge in [-0.1, -0.05) is 20.8 Å². The predicted octanol–water partition coefficient (Wildman–Crippen LogP) is 2.17. The lowest BCUT2D eigenvalue weighted by Gasteiger charge is -2.18. The highest BCUT2D eigenvalue weighted by molar-refractivity contribution is 7.85. The standard InChI is InChI=1S/C12H25NOS/c1-4-7-13-12(11-5-6-11)9-15(14)8-10(2)3/h10-13H,4-9H2,1-3H3. The Morgan fingerprint density at radius 3 is 2.47 bits per heavy atom. The minimum atomic E-state index is -0.627. The van der Waals surface area contributed by atoms with Crippen molar-refractivity contribution in [2.24, 2.45) is 11.8 Å². The molecule has 0 heterocycles. The molecule has 2 atom stereocenters. The molecule has 0 bridgehead atoms. The number of rotatable bonds is 8. The highest BCUT2D eigenvalue weighted by atomic mass is 32.2. The van der Waals surface area contributed by atoms with E-state index in [4.69, 9.17) is 0 Å². The maximum Gasteiger partial charge on any atom is 0.0391 e. The van der Waals surface area contributed by atoms with Gasteiger partial charge in [0.05, 0.1) is 0 Å². The van der Waals surface area contributed by atoms with Crippen molar-refractivity contribution in [3.63, 3.8) is 0 Å². The summed E-state index contributed by atoms with van der Waals surface area (Å²) in [7, 11) is -0.627. The minimum Gasteiger partial charge on any atom is -0.313 e. The van der Waals surface area contributed by atoms with Crippen molar-refractivity contribution < 1.29 is 4.21 Å². The Labute approximate surface area is 96.7 Å². The second-order valence-corrected chi connectivity index (χ2v) is 6.61. The monoisotopic (exact) mass is 231 g/mol. The Morgan fingerprint density at radius 1 is 1.33 bits per heavy atom. The molecule has 1 N–H and O–H groups in total. The second-order valence-electron chi connectivity index (χ2n) is 5.07. The first-order valence-corrected chi connectivity index (χ1v) is 7.70. The summed E-state index contributed by atoms with van der Waals surface area (Å²) < 4.78 is 11.8. The fourth-order valence-corrected chi connectivity index (χ4v) is 3.50. The van der Waals surface area contributed by atoms with E-state index < -0.39 is 10.8 Å². The zero-order valence-electron chi connectivity index (χ0n) is 10.3. The van der Waals surface area contributed by atoms with E-state index in [0.29, 0.717) is 12.0 Å². The van der Waals surface area contributed by atoms with Crippen molar-refractivity contribution in [3.05, 3.63) is 0 Å². The molecular formula is C12H25NOS. The van der Waals surface area contributed by atoms with Crippen molar-refractivity contribution in [2.75, 3.05) is 18.1 Å². The summed E-state index contributed by atoms with van der Waals surface area (Å²) in [4.78, 5) is 0. The second kappa shape index (κ2) is 6.64. The molecule has 2 unspecified atom stereocenters. The molecular weight excluding hydrogens is 206 g/mol. The Balaban J connectivity index is 2.26. The zero-order chi connectivity index (χ0) is 11.3. The Hall–Kier alpha value is 0.110. The van der Waals surface area contributed by atoms with E-state index in [0.717, 1.165) is 24.0 Å². The van der Waals surface area contributed by atoms with Crippen molar-refractivity contribution in [1.82, 2.24) is 5.32 Å². The van der Waals surface area contributed by atoms with Gasteiger partial charge in [-0.05, 0) is 37.6 Å². The third kappa shape index (κ3) is 5.67. The summed E-state index contributed by atoms with van der Waals surface area (Å²) in [5.74, 6) is 3.09. The van der Waals surface area contributed by atoms with Gasteiger partial charge in [-0.25, -0.2) is 0 Å². The van der Waals surface area contributed by atoms with Gasteiger partial charge in [-0.15, -0.1) is 0 Å². The molecule has 2 nitrogen and oxygen atoms in total. The topological polar surface area (TPSA) is 29.1 Å². The van der Waals surface area contributed by atoms with E-state index in [1.165, 1.54) is 19.3 Å². The van der Waals surface area contributed by atoms with Crippen LogP contribution in [0.4, 0.5) is 0 Å². The molecule has 1 rings (SSSR count). The first kappa shape index (κ1) is 13.2. The van der Waals surface area contributed by atoms with Gasteiger partial charge in [0.2, 0.25) is 0 Å². The smallest absolute Gasteiger partial charge is 0.0391 e. The van der Waals surface area contributed by atoms with Gasteiger partial charge in [0.1, 0.15) is 0 Å². The number of hydrogen-bond donors (Lipinski definition) is 1. The molecule has 90 valence electrons. The van der Waals surface area contributed by atoms with Gasteiger partial charge in [0, 0.05) is 28.3 Å². The maximum absolute atomic E-state index is 11.8. The van der Waals surface area contributed by atoms with Crippen LogP contribution in [0.15, 0.2) is 0 Å². The Bertz CT molecular complexity index is 202. The first-order chi connectivity index (χ1) is 7.13. The third-order valence-electron chi connectivity index (χ3n) is 2.73. The summed E-state index contributed by atoms with van der Waals surface area (Å²) in [6, 6.07) is 0.518. The molecule has 0 spiro atoms. The van der Waals surface area contributed by atoms with Crippen molar-refractivity contribution in [3.8, 4) is 0 Å². The molecule has 0 aliphatic heterocycles. The summed E-state index contributed by atoms with van der Waals surface area (Å²) in [6.45, 7) is 7.54. The first-order valence-electron chi connectivity index (χ1n) is 6.21.